The van der Waals surface area contributed by atoms with Crippen molar-refractivity contribution in [1.82, 2.24) is 5.32 Å². The van der Waals surface area contributed by atoms with Gasteiger partial charge in [0.05, 0.1) is 18.0 Å². The van der Waals surface area contributed by atoms with Crippen LogP contribution in [0.2, 0.25) is 0 Å². The minimum Gasteiger partial charge on any atom is -0.491 e. The average molecular weight is 433 g/mol. The van der Waals surface area contributed by atoms with E-state index in [0.717, 1.165) is 28.7 Å². The lowest BCUT2D eigenvalue weighted by atomic mass is 10.1. The number of hydrogen-bond donors (Lipinski definition) is 1. The molecule has 7 heteroatoms. The van der Waals surface area contributed by atoms with Crippen LogP contribution in [0, 0.1) is 13.8 Å². The molecule has 0 aliphatic heterocycles. The van der Waals surface area contributed by atoms with Crippen molar-refractivity contribution in [2.24, 2.45) is 0 Å². The van der Waals surface area contributed by atoms with Crippen LogP contribution in [0.5, 0.6) is 5.75 Å². The Balaban J connectivity index is 2.21. The Morgan fingerprint density at radius 1 is 1.10 bits per heavy atom. The molecule has 30 heavy (non-hydrogen) atoms. The lowest BCUT2D eigenvalue weighted by Crippen LogP contribution is -2.49. The zero-order valence-electron chi connectivity index (χ0n) is 18.6. The number of carbonyl (C=O) groups is 1. The van der Waals surface area contributed by atoms with Crippen LogP contribution < -0.4 is 14.4 Å². The van der Waals surface area contributed by atoms with Crippen LogP contribution in [-0.2, 0) is 21.4 Å². The molecular formula is C23H32N2O4S. The van der Waals surface area contributed by atoms with Crippen LogP contribution in [-0.4, -0.2) is 32.7 Å². The standard InChI is InChI=1S/C23H32N2O4S/c1-7-21(25(30(6,27)28)22-14-17(4)8-9-18(22)5)23(26)24-15-19-10-12-20(13-11-19)29-16(2)3/h8-14,16,21H,7,15H2,1-6H3,(H,24,26). The average Bonchev–Trinajstić information content (AvgIpc) is 2.66. The highest BCUT2D eigenvalue weighted by molar-refractivity contribution is 7.92. The van der Waals surface area contributed by atoms with Crippen molar-refractivity contribution in [3.8, 4) is 5.75 Å². The summed E-state index contributed by atoms with van der Waals surface area (Å²) in [7, 11) is -3.66. The lowest BCUT2D eigenvalue weighted by molar-refractivity contribution is -0.122. The molecule has 0 heterocycles. The first kappa shape index (κ1) is 23.7. The number of anilines is 1. The lowest BCUT2D eigenvalue weighted by Gasteiger charge is -2.31. The Kier molecular flexibility index (Phi) is 7.89. The number of benzene rings is 2. The summed E-state index contributed by atoms with van der Waals surface area (Å²) < 4.78 is 32.1. The van der Waals surface area contributed by atoms with Crippen molar-refractivity contribution in [2.45, 2.75) is 59.7 Å². The molecule has 2 aromatic rings. The Labute approximate surface area is 180 Å². The zero-order chi connectivity index (χ0) is 22.5. The second-order valence-corrected chi connectivity index (χ2v) is 9.66. The summed E-state index contributed by atoms with van der Waals surface area (Å²) in [6.07, 6.45) is 1.58. The zero-order valence-corrected chi connectivity index (χ0v) is 19.4. The molecule has 0 aliphatic rings. The van der Waals surface area contributed by atoms with Gasteiger partial charge >= 0.3 is 0 Å². The van der Waals surface area contributed by atoms with Gasteiger partial charge in [0, 0.05) is 6.54 Å². The molecular weight excluding hydrogens is 400 g/mol. The highest BCUT2D eigenvalue weighted by Crippen LogP contribution is 2.27. The Morgan fingerprint density at radius 2 is 1.73 bits per heavy atom. The number of nitrogens with one attached hydrogen (secondary N) is 1. The quantitative estimate of drug-likeness (QED) is 0.651. The van der Waals surface area contributed by atoms with E-state index in [1.165, 1.54) is 4.31 Å². The van der Waals surface area contributed by atoms with E-state index in [4.69, 9.17) is 4.74 Å². The molecule has 0 aromatic heterocycles. The summed E-state index contributed by atoms with van der Waals surface area (Å²) in [5.74, 6) is 0.441. The van der Waals surface area contributed by atoms with Crippen molar-refractivity contribution < 1.29 is 17.9 Å². The predicted octanol–water partition coefficient (Wildman–Crippen LogP) is 3.95. The molecule has 6 nitrogen and oxygen atoms in total. The third-order valence-corrected chi connectivity index (χ3v) is 5.86. The molecule has 164 valence electrons. The maximum Gasteiger partial charge on any atom is 0.244 e. The number of aryl methyl sites for hydroxylation is 2. The molecule has 0 bridgehead atoms. The molecule has 2 rings (SSSR count). The maximum absolute atomic E-state index is 13.0. The summed E-state index contributed by atoms with van der Waals surface area (Å²) in [5, 5.41) is 2.88. The van der Waals surface area contributed by atoms with Crippen molar-refractivity contribution in [3.63, 3.8) is 0 Å². The third kappa shape index (κ3) is 6.23. The number of nitrogens with zero attached hydrogens (tertiary/aromatic N) is 1. The van der Waals surface area contributed by atoms with Crippen LogP contribution in [0.1, 0.15) is 43.9 Å². The van der Waals surface area contributed by atoms with Crippen LogP contribution in [0.15, 0.2) is 42.5 Å². The summed E-state index contributed by atoms with van der Waals surface area (Å²) in [5.41, 5.74) is 3.18. The van der Waals surface area contributed by atoms with Crippen molar-refractivity contribution in [2.75, 3.05) is 10.6 Å². The number of sulfonamides is 1. The van der Waals surface area contributed by atoms with E-state index in [1.54, 1.807) is 6.07 Å². The molecule has 0 spiro atoms. The molecule has 1 N–H and O–H groups in total. The van der Waals surface area contributed by atoms with Crippen molar-refractivity contribution >= 4 is 21.6 Å². The molecule has 2 aromatic carbocycles. The van der Waals surface area contributed by atoms with Crippen molar-refractivity contribution in [3.05, 3.63) is 59.2 Å². The van der Waals surface area contributed by atoms with Crippen LogP contribution in [0.25, 0.3) is 0 Å². The SMILES string of the molecule is CCC(C(=O)NCc1ccc(OC(C)C)cc1)N(c1cc(C)ccc1C)S(C)(=O)=O. The van der Waals surface area contributed by atoms with Crippen molar-refractivity contribution in [1.29, 1.82) is 0 Å². The first-order valence-corrected chi connectivity index (χ1v) is 12.0. The van der Waals surface area contributed by atoms with Crippen LogP contribution in [0.3, 0.4) is 0 Å². The monoisotopic (exact) mass is 432 g/mol. The fourth-order valence-electron chi connectivity index (χ4n) is 3.26. The number of hydrogen-bond acceptors (Lipinski definition) is 4. The molecule has 0 aliphatic carbocycles. The van der Waals surface area contributed by atoms with Gasteiger partial charge in [0.1, 0.15) is 11.8 Å². The van der Waals surface area contributed by atoms with E-state index in [0.29, 0.717) is 18.7 Å². The van der Waals surface area contributed by atoms with Gasteiger partial charge in [-0.1, -0.05) is 31.2 Å². The maximum atomic E-state index is 13.0. The van der Waals surface area contributed by atoms with E-state index < -0.39 is 16.1 Å². The Bertz CT molecular complexity index is 969. The minimum atomic E-state index is -3.66. The van der Waals surface area contributed by atoms with Gasteiger partial charge in [-0.2, -0.15) is 0 Å². The summed E-state index contributed by atoms with van der Waals surface area (Å²) in [6.45, 7) is 9.79. The highest BCUT2D eigenvalue weighted by atomic mass is 32.2. The molecule has 0 saturated carbocycles. The number of rotatable bonds is 9. The van der Waals surface area contributed by atoms with Gasteiger partial charge in [-0.3, -0.25) is 9.10 Å². The Morgan fingerprint density at radius 3 is 2.27 bits per heavy atom. The van der Waals surface area contributed by atoms with Crippen LogP contribution in [0.4, 0.5) is 5.69 Å². The summed E-state index contributed by atoms with van der Waals surface area (Å²) in [4.78, 5) is 13.0. The topological polar surface area (TPSA) is 75.7 Å². The summed E-state index contributed by atoms with van der Waals surface area (Å²) in [6, 6.07) is 12.3. The second kappa shape index (κ2) is 9.98. The normalized spacial score (nSPS) is 12.5. The molecule has 0 saturated heterocycles. The predicted molar refractivity (Wildman–Crippen MR) is 121 cm³/mol. The summed E-state index contributed by atoms with van der Waals surface area (Å²) >= 11 is 0. The van der Waals surface area contributed by atoms with Crippen LogP contribution >= 0.6 is 0 Å². The van der Waals surface area contributed by atoms with Gasteiger partial charge in [-0.15, -0.1) is 0 Å². The van der Waals surface area contributed by atoms with Gasteiger partial charge in [-0.25, -0.2) is 8.42 Å². The first-order chi connectivity index (χ1) is 14.0. The third-order valence-electron chi connectivity index (χ3n) is 4.69. The molecule has 1 atom stereocenters. The number of amides is 1. The largest absolute Gasteiger partial charge is 0.491 e. The van der Waals surface area contributed by atoms with E-state index in [1.807, 2.05) is 71.0 Å². The number of carbonyl (C=O) groups excluding carboxylic acids is 1. The smallest absolute Gasteiger partial charge is 0.244 e. The Hall–Kier alpha value is -2.54. The van der Waals surface area contributed by atoms with Gasteiger partial charge in [-0.05, 0) is 69.0 Å². The molecule has 1 amide bonds. The van der Waals surface area contributed by atoms with Gasteiger partial charge in [0.15, 0.2) is 0 Å². The van der Waals surface area contributed by atoms with E-state index in [9.17, 15) is 13.2 Å². The fraction of sp³-hybridized carbons (Fsp3) is 0.435. The van der Waals surface area contributed by atoms with E-state index in [-0.39, 0.29) is 12.0 Å². The first-order valence-electron chi connectivity index (χ1n) is 10.1. The van der Waals surface area contributed by atoms with Gasteiger partial charge < -0.3 is 10.1 Å². The second-order valence-electron chi connectivity index (χ2n) is 7.80. The molecule has 0 radical (unpaired) electrons. The van der Waals surface area contributed by atoms with Gasteiger partial charge in [0.2, 0.25) is 15.9 Å². The molecule has 1 unspecified atom stereocenters. The fourth-order valence-corrected chi connectivity index (χ4v) is 4.52. The number of ether oxygens (including phenoxy) is 1. The molecule has 0 fully saturated rings. The van der Waals surface area contributed by atoms with E-state index in [2.05, 4.69) is 5.32 Å². The highest BCUT2D eigenvalue weighted by Gasteiger charge is 2.32. The minimum absolute atomic E-state index is 0.0907. The van der Waals surface area contributed by atoms with Gasteiger partial charge in [0.25, 0.3) is 0 Å². The van der Waals surface area contributed by atoms with E-state index >= 15 is 0 Å².